The zero-order valence-electron chi connectivity index (χ0n) is 27.1. The molecule has 11 heteroatoms. The standard InChI is InChI=1S/C36H38FN7O3/c1-36(2,22-38)25-16-23-10-11-44(35(47)33(23)29(37)18-25)31-7-5-6-27(28(31)21-45)24-17-30(34(46)42(4)20-24)40-32-9-8-26(19-39-32)43-14-12-41(3)13-15-43/h5-9,16-20,45H,10-15,21H2,1-4H3,(H,39,40)/p+1. The summed E-state index contributed by atoms with van der Waals surface area (Å²) in [5.41, 5.74) is 3.49. The number of benzene rings is 2. The predicted molar refractivity (Wildman–Crippen MR) is 180 cm³/mol. The molecule has 4 aromatic rings. The number of aromatic nitrogens is 2. The van der Waals surface area contributed by atoms with Crippen molar-refractivity contribution in [1.82, 2.24) is 9.55 Å². The summed E-state index contributed by atoms with van der Waals surface area (Å²) >= 11 is 0. The van der Waals surface area contributed by atoms with Gasteiger partial charge in [0, 0.05) is 30.9 Å². The van der Waals surface area contributed by atoms with Crippen LogP contribution >= 0.6 is 0 Å². The van der Waals surface area contributed by atoms with Crippen LogP contribution in [0.25, 0.3) is 11.1 Å². The number of rotatable bonds is 7. The Kier molecular flexibility index (Phi) is 8.57. The Labute approximate surface area is 273 Å². The summed E-state index contributed by atoms with van der Waals surface area (Å²) in [5, 5.41) is 23.3. The van der Waals surface area contributed by atoms with Gasteiger partial charge in [-0.3, -0.25) is 9.59 Å². The highest BCUT2D eigenvalue weighted by Crippen LogP contribution is 2.36. The van der Waals surface area contributed by atoms with Gasteiger partial charge in [0.1, 0.15) is 17.3 Å². The molecule has 0 saturated carbocycles. The molecule has 1 amide bonds. The molecule has 2 aliphatic heterocycles. The van der Waals surface area contributed by atoms with E-state index < -0.39 is 17.1 Å². The fourth-order valence-corrected chi connectivity index (χ4v) is 6.37. The number of carbonyl (C=O) groups is 1. The minimum absolute atomic E-state index is 0.0242. The van der Waals surface area contributed by atoms with Crippen LogP contribution in [0.1, 0.15) is 40.9 Å². The van der Waals surface area contributed by atoms with Crippen LogP contribution in [0.5, 0.6) is 0 Å². The van der Waals surface area contributed by atoms with Gasteiger partial charge in [0.25, 0.3) is 11.5 Å². The van der Waals surface area contributed by atoms with Gasteiger partial charge in [-0.1, -0.05) is 18.2 Å². The van der Waals surface area contributed by atoms with Gasteiger partial charge in [0.05, 0.1) is 74.5 Å². The number of aryl methyl sites for hydroxylation is 1. The lowest BCUT2D eigenvalue weighted by molar-refractivity contribution is -0.880. The monoisotopic (exact) mass is 636 g/mol. The molecular formula is C36H39FN7O3+. The van der Waals surface area contributed by atoms with Crippen LogP contribution in [-0.4, -0.2) is 60.3 Å². The van der Waals surface area contributed by atoms with Crippen LogP contribution < -0.4 is 25.6 Å². The van der Waals surface area contributed by atoms with Gasteiger partial charge in [-0.2, -0.15) is 5.26 Å². The number of anilines is 4. The van der Waals surface area contributed by atoms with Gasteiger partial charge in [-0.25, -0.2) is 9.37 Å². The minimum Gasteiger partial charge on any atom is -0.392 e. The van der Waals surface area contributed by atoms with Crippen LogP contribution in [0, 0.1) is 17.1 Å². The Balaban J connectivity index is 1.30. The molecule has 2 aliphatic rings. The van der Waals surface area contributed by atoms with E-state index in [4.69, 9.17) is 0 Å². The van der Waals surface area contributed by atoms with Crippen LogP contribution in [0.2, 0.25) is 0 Å². The molecule has 0 bridgehead atoms. The Morgan fingerprint density at radius 3 is 2.55 bits per heavy atom. The van der Waals surface area contributed by atoms with E-state index in [1.54, 1.807) is 51.4 Å². The van der Waals surface area contributed by atoms with E-state index in [1.807, 2.05) is 24.4 Å². The third-order valence-electron chi connectivity index (χ3n) is 9.32. The molecule has 2 aromatic carbocycles. The quantitative estimate of drug-likeness (QED) is 0.285. The van der Waals surface area contributed by atoms with E-state index in [0.717, 1.165) is 31.9 Å². The maximum absolute atomic E-state index is 15.4. The number of piperazine rings is 1. The lowest BCUT2D eigenvalue weighted by Crippen LogP contribution is -3.12. The van der Waals surface area contributed by atoms with Crippen molar-refractivity contribution in [3.05, 3.63) is 99.3 Å². The summed E-state index contributed by atoms with van der Waals surface area (Å²) < 4.78 is 16.9. The molecule has 0 radical (unpaired) electrons. The predicted octanol–water partition coefficient (Wildman–Crippen LogP) is 3.16. The van der Waals surface area contributed by atoms with Gasteiger partial charge < -0.3 is 29.7 Å². The second-order valence-electron chi connectivity index (χ2n) is 12.9. The minimum atomic E-state index is -0.900. The van der Waals surface area contributed by atoms with Gasteiger partial charge in [-0.15, -0.1) is 0 Å². The van der Waals surface area contributed by atoms with Crippen molar-refractivity contribution in [2.24, 2.45) is 7.05 Å². The Morgan fingerprint density at radius 2 is 1.87 bits per heavy atom. The van der Waals surface area contributed by atoms with E-state index in [-0.39, 0.29) is 24.3 Å². The van der Waals surface area contributed by atoms with Crippen LogP contribution in [0.15, 0.2) is 65.7 Å². The summed E-state index contributed by atoms with van der Waals surface area (Å²) in [4.78, 5) is 36.8. The Bertz CT molecular complexity index is 1940. The summed E-state index contributed by atoms with van der Waals surface area (Å²) in [6.07, 6.45) is 3.88. The normalized spacial score (nSPS) is 15.4. The number of quaternary nitrogens is 1. The zero-order chi connectivity index (χ0) is 33.5. The van der Waals surface area contributed by atoms with E-state index in [9.17, 15) is 20.0 Å². The average Bonchev–Trinajstić information content (AvgIpc) is 3.07. The number of halogens is 1. The Hall–Kier alpha value is -5.05. The lowest BCUT2D eigenvalue weighted by atomic mass is 9.83. The first-order chi connectivity index (χ1) is 22.5. The number of nitrogens with zero attached hydrogens (tertiary/aromatic N) is 5. The summed E-state index contributed by atoms with van der Waals surface area (Å²) in [7, 11) is 3.85. The van der Waals surface area contributed by atoms with Crippen molar-refractivity contribution in [1.29, 1.82) is 5.26 Å². The topological polar surface area (TPSA) is 119 Å². The summed E-state index contributed by atoms with van der Waals surface area (Å²) in [6, 6.07) is 16.1. The van der Waals surface area contributed by atoms with Crippen LogP contribution in [0.4, 0.5) is 27.3 Å². The van der Waals surface area contributed by atoms with Gasteiger partial charge in [0.15, 0.2) is 0 Å². The molecule has 47 heavy (non-hydrogen) atoms. The third kappa shape index (κ3) is 6.10. The van der Waals surface area contributed by atoms with Gasteiger partial charge >= 0.3 is 0 Å². The molecule has 0 spiro atoms. The largest absolute Gasteiger partial charge is 0.392 e. The molecule has 4 heterocycles. The second kappa shape index (κ2) is 12.6. The third-order valence-corrected chi connectivity index (χ3v) is 9.32. The summed E-state index contributed by atoms with van der Waals surface area (Å²) in [6.45, 7) is 7.37. The average molecular weight is 637 g/mol. The van der Waals surface area contributed by atoms with Gasteiger partial charge in [0.2, 0.25) is 0 Å². The Morgan fingerprint density at radius 1 is 1.11 bits per heavy atom. The molecule has 1 saturated heterocycles. The van der Waals surface area contributed by atoms with Crippen molar-refractivity contribution in [3.8, 4) is 17.2 Å². The molecule has 10 nitrogen and oxygen atoms in total. The van der Waals surface area contributed by atoms with E-state index in [1.165, 1.54) is 20.4 Å². The number of fused-ring (bicyclic) bond motifs is 1. The molecule has 242 valence electrons. The molecule has 0 unspecified atom stereocenters. The number of likely N-dealkylation sites (N-methyl/N-ethyl adjacent to an activating group) is 1. The van der Waals surface area contributed by atoms with Crippen molar-refractivity contribution in [2.45, 2.75) is 32.3 Å². The van der Waals surface area contributed by atoms with Crippen molar-refractivity contribution in [3.63, 3.8) is 0 Å². The molecular weight excluding hydrogens is 597 g/mol. The van der Waals surface area contributed by atoms with Crippen molar-refractivity contribution in [2.75, 3.05) is 54.9 Å². The number of amides is 1. The fourth-order valence-electron chi connectivity index (χ4n) is 6.37. The van der Waals surface area contributed by atoms with Crippen LogP contribution in [0.3, 0.4) is 0 Å². The number of pyridine rings is 2. The lowest BCUT2D eigenvalue weighted by Gasteiger charge is -2.32. The number of nitrogens with one attached hydrogen (secondary N) is 2. The zero-order valence-corrected chi connectivity index (χ0v) is 27.1. The molecule has 6 rings (SSSR count). The van der Waals surface area contributed by atoms with Crippen molar-refractivity contribution >= 4 is 28.8 Å². The molecule has 3 N–H and O–H groups in total. The highest BCUT2D eigenvalue weighted by atomic mass is 19.1. The van der Waals surface area contributed by atoms with Crippen LogP contribution in [-0.2, 0) is 25.5 Å². The molecule has 1 fully saturated rings. The summed E-state index contributed by atoms with van der Waals surface area (Å²) in [5.74, 6) is -0.649. The fraction of sp³-hybridized carbons (Fsp3) is 0.333. The first-order valence-electron chi connectivity index (χ1n) is 15.8. The van der Waals surface area contributed by atoms with E-state index in [0.29, 0.717) is 51.4 Å². The molecule has 0 atom stereocenters. The van der Waals surface area contributed by atoms with E-state index >= 15 is 4.39 Å². The van der Waals surface area contributed by atoms with Gasteiger partial charge in [-0.05, 0) is 67.3 Å². The smallest absolute Gasteiger partial charge is 0.274 e. The van der Waals surface area contributed by atoms with Crippen molar-refractivity contribution < 1.29 is 19.2 Å². The number of aliphatic hydroxyl groups excluding tert-OH is 1. The maximum atomic E-state index is 15.4. The number of hydrogen-bond donors (Lipinski definition) is 3. The molecule has 0 aliphatic carbocycles. The first-order valence-corrected chi connectivity index (χ1v) is 15.8. The SMILES string of the molecule is Cn1cc(-c2cccc(N3CCc4cc(C(C)(C)C#N)cc(F)c4C3=O)c2CO)cc(Nc2ccc(N3CC[NH+](C)CC3)cn2)c1=O. The maximum Gasteiger partial charge on any atom is 0.274 e. The number of nitriles is 1. The molecule has 2 aromatic heterocycles. The highest BCUT2D eigenvalue weighted by Gasteiger charge is 2.33. The number of aliphatic hydroxyl groups is 1. The number of hydrogen-bond acceptors (Lipinski definition) is 7. The second-order valence-corrected chi connectivity index (χ2v) is 12.9. The van der Waals surface area contributed by atoms with E-state index in [2.05, 4.69) is 28.3 Å². The number of carbonyl (C=O) groups excluding carboxylic acids is 1. The highest BCUT2D eigenvalue weighted by molar-refractivity contribution is 6.09. The first kappa shape index (κ1) is 31.9.